The van der Waals surface area contributed by atoms with Gasteiger partial charge in [0.1, 0.15) is 5.75 Å². The first-order chi connectivity index (χ1) is 13.8. The Morgan fingerprint density at radius 2 is 1.79 bits per heavy atom. The first-order valence-corrected chi connectivity index (χ1v) is 10.9. The number of anilines is 1. The van der Waals surface area contributed by atoms with Crippen molar-refractivity contribution >= 4 is 21.6 Å². The number of hydrogen-bond donors (Lipinski definition) is 0. The fraction of sp³-hybridized carbons (Fsp3) is 0.455. The molecule has 0 aliphatic carbocycles. The first kappa shape index (κ1) is 19.6. The maximum Gasteiger partial charge on any atom is 0.142 e. The number of fused-ring (bicyclic) bond motifs is 1. The molecule has 150 valence electrons. The molecule has 1 saturated heterocycles. The minimum Gasteiger partial charge on any atom is -0.495 e. The number of unbranched alkanes of at least 4 members (excludes halogenated alkanes) is 1. The van der Waals surface area contributed by atoms with E-state index in [-0.39, 0.29) is 0 Å². The zero-order chi connectivity index (χ0) is 19.3. The highest BCUT2D eigenvalue weighted by Gasteiger charge is 2.26. The Morgan fingerprint density at radius 3 is 2.61 bits per heavy atom. The van der Waals surface area contributed by atoms with E-state index in [1.165, 1.54) is 35.3 Å². The lowest BCUT2D eigenvalue weighted by molar-refractivity contribution is 0.0895. The molecule has 0 N–H and O–H groups in total. The molecule has 4 rings (SSSR count). The van der Waals surface area contributed by atoms with Crippen LogP contribution in [0.25, 0.3) is 0 Å². The van der Waals surface area contributed by atoms with Gasteiger partial charge in [0.25, 0.3) is 0 Å². The second-order valence-electron chi connectivity index (χ2n) is 7.43. The van der Waals surface area contributed by atoms with Crippen molar-refractivity contribution in [3.05, 3.63) is 58.9 Å². The summed E-state index contributed by atoms with van der Waals surface area (Å²) in [7, 11) is 1.75. The molecule has 0 amide bonds. The van der Waals surface area contributed by atoms with E-state index in [4.69, 9.17) is 4.74 Å². The highest BCUT2D eigenvalue weighted by molar-refractivity contribution is 9.11. The number of ether oxygens (including phenoxy) is 1. The van der Waals surface area contributed by atoms with Crippen molar-refractivity contribution in [3.63, 3.8) is 0 Å². The molecule has 28 heavy (non-hydrogen) atoms. The first-order valence-electron chi connectivity index (χ1n) is 10.1. The van der Waals surface area contributed by atoms with Crippen molar-refractivity contribution in [3.8, 4) is 5.75 Å². The standard InChI is InChI=1S/C22H29BrN4O/c1-28-22-10-3-2-9-21(22)25-16-14-24(15-17-25)11-6-7-12-26-18-19(23)20-8-4-5-13-27(20)26/h2-5,8-10,13H,6-7,11-12,14-18H2,1H3. The maximum atomic E-state index is 5.52. The third-order valence-corrected chi connectivity index (χ3v) is 6.34. The summed E-state index contributed by atoms with van der Waals surface area (Å²) in [6.07, 6.45) is 11.0. The highest BCUT2D eigenvalue weighted by atomic mass is 79.9. The molecule has 3 aliphatic rings. The molecule has 6 heteroatoms. The van der Waals surface area contributed by atoms with Gasteiger partial charge >= 0.3 is 0 Å². The lowest BCUT2D eigenvalue weighted by atomic mass is 10.2. The van der Waals surface area contributed by atoms with Gasteiger partial charge in [0.2, 0.25) is 0 Å². The Kier molecular flexibility index (Phi) is 6.40. The van der Waals surface area contributed by atoms with Gasteiger partial charge in [-0.3, -0.25) is 9.91 Å². The Balaban J connectivity index is 1.18. The number of halogens is 1. The molecular formula is C22H29BrN4O. The average molecular weight is 445 g/mol. The number of nitrogens with zero attached hydrogens (tertiary/aromatic N) is 4. The summed E-state index contributed by atoms with van der Waals surface area (Å²) in [4.78, 5) is 5.04. The summed E-state index contributed by atoms with van der Waals surface area (Å²) in [5.41, 5.74) is 2.49. The lowest BCUT2D eigenvalue weighted by Gasteiger charge is -2.36. The SMILES string of the molecule is COc1ccccc1N1CCN(CCCCN2CC(Br)=C3C=CC=CN32)CC1. The van der Waals surface area contributed by atoms with E-state index < -0.39 is 0 Å². The number of hydrogen-bond acceptors (Lipinski definition) is 5. The number of methoxy groups -OCH3 is 1. The maximum absolute atomic E-state index is 5.52. The van der Waals surface area contributed by atoms with Gasteiger partial charge in [-0.05, 0) is 43.7 Å². The van der Waals surface area contributed by atoms with Crippen LogP contribution in [0.5, 0.6) is 5.75 Å². The number of rotatable bonds is 7. The van der Waals surface area contributed by atoms with Crippen molar-refractivity contribution in [2.75, 3.05) is 57.8 Å². The van der Waals surface area contributed by atoms with E-state index >= 15 is 0 Å². The number of allylic oxidation sites excluding steroid dienone is 3. The fourth-order valence-electron chi connectivity index (χ4n) is 4.13. The third kappa shape index (κ3) is 4.29. The summed E-state index contributed by atoms with van der Waals surface area (Å²) < 4.78 is 6.80. The largest absolute Gasteiger partial charge is 0.495 e. The summed E-state index contributed by atoms with van der Waals surface area (Å²) in [5, 5.41) is 4.69. The van der Waals surface area contributed by atoms with Crippen LogP contribution in [0.4, 0.5) is 5.69 Å². The van der Waals surface area contributed by atoms with E-state index in [0.717, 1.165) is 45.0 Å². The van der Waals surface area contributed by atoms with Gasteiger partial charge < -0.3 is 9.64 Å². The van der Waals surface area contributed by atoms with Crippen LogP contribution >= 0.6 is 15.9 Å². The molecule has 1 aromatic carbocycles. The summed E-state index contributed by atoms with van der Waals surface area (Å²) in [6, 6.07) is 8.33. The molecule has 0 aromatic heterocycles. The van der Waals surface area contributed by atoms with Crippen molar-refractivity contribution in [2.24, 2.45) is 0 Å². The van der Waals surface area contributed by atoms with Crippen molar-refractivity contribution < 1.29 is 4.74 Å². The molecule has 0 saturated carbocycles. The zero-order valence-electron chi connectivity index (χ0n) is 16.6. The number of hydrazine groups is 1. The summed E-state index contributed by atoms with van der Waals surface area (Å²) in [6.45, 7) is 7.64. The minimum absolute atomic E-state index is 0.974. The predicted molar refractivity (Wildman–Crippen MR) is 119 cm³/mol. The van der Waals surface area contributed by atoms with Crippen molar-refractivity contribution in [1.29, 1.82) is 0 Å². The van der Waals surface area contributed by atoms with Crippen LogP contribution < -0.4 is 9.64 Å². The number of para-hydroxylation sites is 2. The van der Waals surface area contributed by atoms with Crippen LogP contribution in [0.15, 0.2) is 58.9 Å². The van der Waals surface area contributed by atoms with E-state index in [1.807, 2.05) is 12.1 Å². The van der Waals surface area contributed by atoms with Crippen LogP contribution in [0, 0.1) is 0 Å². The molecule has 3 heterocycles. The molecule has 1 aromatic rings. The zero-order valence-corrected chi connectivity index (χ0v) is 18.1. The van der Waals surface area contributed by atoms with Crippen molar-refractivity contribution in [2.45, 2.75) is 12.8 Å². The molecule has 3 aliphatic heterocycles. The van der Waals surface area contributed by atoms with Crippen LogP contribution in [0.2, 0.25) is 0 Å². The molecule has 0 atom stereocenters. The normalized spacial score (nSPS) is 20.2. The second-order valence-corrected chi connectivity index (χ2v) is 8.39. The quantitative estimate of drug-likeness (QED) is 0.594. The topological polar surface area (TPSA) is 22.2 Å². The number of benzene rings is 1. The Bertz CT molecular complexity index is 768. The van der Waals surface area contributed by atoms with Gasteiger partial charge in [0.05, 0.1) is 25.0 Å². The van der Waals surface area contributed by atoms with Gasteiger partial charge in [-0.2, -0.15) is 0 Å². The molecule has 0 spiro atoms. The van der Waals surface area contributed by atoms with E-state index in [2.05, 4.69) is 72.3 Å². The lowest BCUT2D eigenvalue weighted by Crippen LogP contribution is -2.46. The van der Waals surface area contributed by atoms with Crippen molar-refractivity contribution in [1.82, 2.24) is 14.9 Å². The van der Waals surface area contributed by atoms with Gasteiger partial charge in [-0.1, -0.05) is 34.1 Å². The Hall–Kier alpha value is -1.76. The van der Waals surface area contributed by atoms with E-state index in [1.54, 1.807) is 7.11 Å². The average Bonchev–Trinajstić information content (AvgIpc) is 3.07. The van der Waals surface area contributed by atoms with Gasteiger partial charge in [0.15, 0.2) is 0 Å². The van der Waals surface area contributed by atoms with Crippen LogP contribution in [-0.2, 0) is 0 Å². The molecule has 0 unspecified atom stereocenters. The van der Waals surface area contributed by atoms with Gasteiger partial charge in [-0.25, -0.2) is 5.01 Å². The smallest absolute Gasteiger partial charge is 0.142 e. The number of piperazine rings is 1. The molecule has 1 fully saturated rings. The molecule has 5 nitrogen and oxygen atoms in total. The third-order valence-electron chi connectivity index (χ3n) is 5.68. The molecular weight excluding hydrogens is 416 g/mol. The fourth-order valence-corrected chi connectivity index (χ4v) is 4.74. The van der Waals surface area contributed by atoms with Crippen LogP contribution in [0.1, 0.15) is 12.8 Å². The monoisotopic (exact) mass is 444 g/mol. The predicted octanol–water partition coefficient (Wildman–Crippen LogP) is 3.82. The molecule has 0 radical (unpaired) electrons. The Morgan fingerprint density at radius 1 is 1.00 bits per heavy atom. The summed E-state index contributed by atoms with van der Waals surface area (Å²) >= 11 is 3.72. The van der Waals surface area contributed by atoms with E-state index in [0.29, 0.717) is 0 Å². The summed E-state index contributed by atoms with van der Waals surface area (Å²) in [5.74, 6) is 0.974. The van der Waals surface area contributed by atoms with Crippen LogP contribution in [0.3, 0.4) is 0 Å². The minimum atomic E-state index is 0.974. The van der Waals surface area contributed by atoms with Crippen LogP contribution in [-0.4, -0.2) is 67.8 Å². The second kappa shape index (κ2) is 9.16. The van der Waals surface area contributed by atoms with Gasteiger partial charge in [0, 0.05) is 43.4 Å². The highest BCUT2D eigenvalue weighted by Crippen LogP contribution is 2.31. The van der Waals surface area contributed by atoms with Gasteiger partial charge in [-0.15, -0.1) is 0 Å². The molecule has 0 bridgehead atoms. The van der Waals surface area contributed by atoms with E-state index in [9.17, 15) is 0 Å². The Labute approximate surface area is 176 Å².